The molecule has 0 saturated carbocycles. The number of halogens is 1. The average molecular weight is 415 g/mol. The Morgan fingerprint density at radius 1 is 1.32 bits per heavy atom. The molecule has 154 valence electrons. The number of carbonyl (C=O) groups is 3. The number of ether oxygens (including phenoxy) is 1. The number of urea groups is 1. The van der Waals surface area contributed by atoms with Gasteiger partial charge in [-0.25, -0.2) is 27.1 Å². The minimum absolute atomic E-state index is 0.150. The van der Waals surface area contributed by atoms with Crippen molar-refractivity contribution >= 4 is 27.9 Å². The van der Waals surface area contributed by atoms with E-state index < -0.39 is 50.3 Å². The van der Waals surface area contributed by atoms with Gasteiger partial charge in [-0.3, -0.25) is 9.69 Å². The number of rotatable bonds is 5. The first kappa shape index (κ1) is 21.8. The highest BCUT2D eigenvalue weighted by Crippen LogP contribution is 2.19. The fraction of sp³-hybridized carbons (Fsp3) is 0.471. The van der Waals surface area contributed by atoms with Gasteiger partial charge in [-0.2, -0.15) is 0 Å². The molecular weight excluding hydrogens is 393 g/mol. The molecule has 9 nitrogen and oxygen atoms in total. The standard InChI is InChI=1S/C17H22FN3O6S/c1-10(14(22)21-8-7-19-16(21)24)27-15(23)11-5-6-12(18)13(9-11)28(25,26)20-17(2,3)4/h5-6,9-10,20H,7-8H2,1-4H3,(H,19,24)/t10-/m1/s1. The van der Waals surface area contributed by atoms with Crippen molar-refractivity contribution in [2.75, 3.05) is 13.1 Å². The van der Waals surface area contributed by atoms with Crippen molar-refractivity contribution in [3.05, 3.63) is 29.6 Å². The molecule has 0 aromatic heterocycles. The molecule has 11 heteroatoms. The summed E-state index contributed by atoms with van der Waals surface area (Å²) in [6.07, 6.45) is -1.28. The lowest BCUT2D eigenvalue weighted by Crippen LogP contribution is -2.42. The maximum atomic E-state index is 14.1. The number of nitrogens with one attached hydrogen (secondary N) is 2. The molecule has 2 rings (SSSR count). The number of amides is 3. The van der Waals surface area contributed by atoms with E-state index in [2.05, 4.69) is 10.0 Å². The first-order chi connectivity index (χ1) is 12.8. The van der Waals surface area contributed by atoms with Crippen molar-refractivity contribution in [2.24, 2.45) is 0 Å². The zero-order valence-corrected chi connectivity index (χ0v) is 16.7. The third-order valence-electron chi connectivity index (χ3n) is 3.65. The third kappa shape index (κ3) is 5.04. The van der Waals surface area contributed by atoms with Crippen molar-refractivity contribution in [3.8, 4) is 0 Å². The summed E-state index contributed by atoms with van der Waals surface area (Å²) in [5.41, 5.74) is -1.11. The Kier molecular flexibility index (Phi) is 6.09. The monoisotopic (exact) mass is 415 g/mol. The molecule has 1 aliphatic rings. The number of sulfonamides is 1. The second-order valence-corrected chi connectivity index (χ2v) is 8.92. The molecule has 1 aromatic rings. The highest BCUT2D eigenvalue weighted by molar-refractivity contribution is 7.89. The second kappa shape index (κ2) is 7.84. The van der Waals surface area contributed by atoms with Crippen LogP contribution in [0.4, 0.5) is 9.18 Å². The van der Waals surface area contributed by atoms with Crippen LogP contribution in [0.15, 0.2) is 23.1 Å². The number of esters is 1. The van der Waals surface area contributed by atoms with Crippen LogP contribution >= 0.6 is 0 Å². The Bertz CT molecular complexity index is 910. The maximum Gasteiger partial charge on any atom is 0.338 e. The van der Waals surface area contributed by atoms with Gasteiger partial charge in [0.1, 0.15) is 10.7 Å². The summed E-state index contributed by atoms with van der Waals surface area (Å²) >= 11 is 0. The van der Waals surface area contributed by atoms with Gasteiger partial charge in [0.15, 0.2) is 6.10 Å². The first-order valence-electron chi connectivity index (χ1n) is 8.45. The van der Waals surface area contributed by atoms with Gasteiger partial charge < -0.3 is 10.1 Å². The number of hydrogen-bond acceptors (Lipinski definition) is 6. The van der Waals surface area contributed by atoms with Crippen LogP contribution in [0.3, 0.4) is 0 Å². The lowest BCUT2D eigenvalue weighted by atomic mass is 10.1. The molecule has 28 heavy (non-hydrogen) atoms. The van der Waals surface area contributed by atoms with Gasteiger partial charge in [0.25, 0.3) is 5.91 Å². The fourth-order valence-corrected chi connectivity index (χ4v) is 4.00. The number of carbonyl (C=O) groups excluding carboxylic acids is 3. The normalized spacial score (nSPS) is 15.9. The molecule has 1 saturated heterocycles. The first-order valence-corrected chi connectivity index (χ1v) is 9.94. The summed E-state index contributed by atoms with van der Waals surface area (Å²) in [4.78, 5) is 36.2. The lowest BCUT2D eigenvalue weighted by Gasteiger charge is -2.21. The maximum absolute atomic E-state index is 14.1. The van der Waals surface area contributed by atoms with Crippen LogP contribution in [-0.2, 0) is 19.6 Å². The van der Waals surface area contributed by atoms with Gasteiger partial charge in [0, 0.05) is 18.6 Å². The van der Waals surface area contributed by atoms with Crippen molar-refractivity contribution in [1.29, 1.82) is 0 Å². The Morgan fingerprint density at radius 2 is 1.96 bits per heavy atom. The molecule has 2 N–H and O–H groups in total. The van der Waals surface area contributed by atoms with E-state index in [1.165, 1.54) is 6.92 Å². The third-order valence-corrected chi connectivity index (χ3v) is 5.42. The minimum atomic E-state index is -4.23. The molecule has 1 aliphatic heterocycles. The lowest BCUT2D eigenvalue weighted by molar-refractivity contribution is -0.136. The van der Waals surface area contributed by atoms with E-state index in [1.807, 2.05) is 0 Å². The molecule has 0 spiro atoms. The summed E-state index contributed by atoms with van der Waals surface area (Å²) in [7, 11) is -4.23. The molecule has 0 bridgehead atoms. The van der Waals surface area contributed by atoms with Gasteiger partial charge in [-0.05, 0) is 45.9 Å². The minimum Gasteiger partial charge on any atom is -0.449 e. The topological polar surface area (TPSA) is 122 Å². The van der Waals surface area contributed by atoms with Crippen molar-refractivity contribution in [2.45, 2.75) is 44.2 Å². The summed E-state index contributed by atoms with van der Waals surface area (Å²) in [6, 6.07) is 2.13. The molecule has 0 aliphatic carbocycles. The summed E-state index contributed by atoms with van der Waals surface area (Å²) in [6.45, 7) is 6.49. The molecule has 1 fully saturated rings. The van der Waals surface area contributed by atoms with E-state index in [0.717, 1.165) is 23.1 Å². The SMILES string of the molecule is C[C@@H](OC(=O)c1ccc(F)c(S(=O)(=O)NC(C)(C)C)c1)C(=O)N1CCNC1=O. The van der Waals surface area contributed by atoms with Crippen molar-refractivity contribution in [3.63, 3.8) is 0 Å². The van der Waals surface area contributed by atoms with E-state index in [9.17, 15) is 27.2 Å². The van der Waals surface area contributed by atoms with Crippen LogP contribution in [0.2, 0.25) is 0 Å². The average Bonchev–Trinajstić information content (AvgIpc) is 2.97. The van der Waals surface area contributed by atoms with Crippen molar-refractivity contribution in [1.82, 2.24) is 14.9 Å². The summed E-state index contributed by atoms with van der Waals surface area (Å²) < 4.78 is 46.1. The van der Waals surface area contributed by atoms with E-state index in [4.69, 9.17) is 4.74 Å². The highest BCUT2D eigenvalue weighted by atomic mass is 32.2. The number of hydrogen-bond donors (Lipinski definition) is 2. The van der Waals surface area contributed by atoms with Crippen LogP contribution in [-0.4, -0.2) is 56.0 Å². The number of imide groups is 1. The predicted octanol–water partition coefficient (Wildman–Crippen LogP) is 1.000. The number of nitrogens with zero attached hydrogens (tertiary/aromatic N) is 1. The largest absolute Gasteiger partial charge is 0.449 e. The quantitative estimate of drug-likeness (QED) is 0.692. The smallest absolute Gasteiger partial charge is 0.338 e. The Hall–Kier alpha value is -2.53. The van der Waals surface area contributed by atoms with Crippen LogP contribution in [0.25, 0.3) is 0 Å². The molecule has 0 unspecified atom stereocenters. The fourth-order valence-electron chi connectivity index (χ4n) is 2.47. The Balaban J connectivity index is 2.20. The zero-order valence-electron chi connectivity index (χ0n) is 15.9. The van der Waals surface area contributed by atoms with E-state index in [0.29, 0.717) is 6.54 Å². The van der Waals surface area contributed by atoms with Gasteiger partial charge >= 0.3 is 12.0 Å². The Morgan fingerprint density at radius 3 is 2.50 bits per heavy atom. The molecule has 1 aromatic carbocycles. The predicted molar refractivity (Wildman–Crippen MR) is 96.5 cm³/mol. The summed E-state index contributed by atoms with van der Waals surface area (Å²) in [5, 5.41) is 2.45. The molecule has 0 radical (unpaired) electrons. The van der Waals surface area contributed by atoms with Crippen LogP contribution in [0, 0.1) is 5.82 Å². The number of benzene rings is 1. The van der Waals surface area contributed by atoms with Gasteiger partial charge in [-0.15, -0.1) is 0 Å². The molecule has 1 atom stereocenters. The van der Waals surface area contributed by atoms with E-state index in [-0.39, 0.29) is 12.1 Å². The summed E-state index contributed by atoms with van der Waals surface area (Å²) in [5.74, 6) is -2.77. The Labute approximate surface area is 162 Å². The highest BCUT2D eigenvalue weighted by Gasteiger charge is 2.32. The van der Waals surface area contributed by atoms with Gasteiger partial charge in [0.05, 0.1) is 5.56 Å². The van der Waals surface area contributed by atoms with E-state index >= 15 is 0 Å². The van der Waals surface area contributed by atoms with Crippen LogP contribution in [0.5, 0.6) is 0 Å². The van der Waals surface area contributed by atoms with Gasteiger partial charge in [-0.1, -0.05) is 0 Å². The molecule has 1 heterocycles. The molecular formula is C17H22FN3O6S. The second-order valence-electron chi connectivity index (χ2n) is 7.27. The zero-order chi connectivity index (χ0) is 21.3. The molecule has 3 amide bonds. The van der Waals surface area contributed by atoms with Crippen LogP contribution in [0.1, 0.15) is 38.1 Å². The van der Waals surface area contributed by atoms with Crippen molar-refractivity contribution < 1.29 is 31.9 Å². The van der Waals surface area contributed by atoms with E-state index in [1.54, 1.807) is 20.8 Å². The van der Waals surface area contributed by atoms with Crippen LogP contribution < -0.4 is 10.0 Å². The van der Waals surface area contributed by atoms with Gasteiger partial charge in [0.2, 0.25) is 10.0 Å².